The lowest BCUT2D eigenvalue weighted by molar-refractivity contribution is 0.486. The molecule has 2 aromatic carbocycles. The summed E-state index contributed by atoms with van der Waals surface area (Å²) in [5.41, 5.74) is 1.03. The van der Waals surface area contributed by atoms with E-state index in [0.717, 1.165) is 5.56 Å². The first kappa shape index (κ1) is 12.9. The monoisotopic (exact) mass is 282 g/mol. The van der Waals surface area contributed by atoms with Crippen LogP contribution in [-0.2, 0) is 10.1 Å². The van der Waals surface area contributed by atoms with Gasteiger partial charge in [0.05, 0.1) is 5.02 Å². The lowest BCUT2D eigenvalue weighted by Crippen LogP contribution is -2.10. The zero-order valence-corrected chi connectivity index (χ0v) is 11.2. The van der Waals surface area contributed by atoms with Gasteiger partial charge in [-0.25, -0.2) is 0 Å². The Morgan fingerprint density at radius 2 is 1.61 bits per heavy atom. The molecule has 2 rings (SSSR count). The Labute approximate surface area is 111 Å². The summed E-state index contributed by atoms with van der Waals surface area (Å²) < 4.78 is 29.0. The third-order valence-electron chi connectivity index (χ3n) is 2.33. The van der Waals surface area contributed by atoms with Gasteiger partial charge >= 0.3 is 10.1 Å². The van der Waals surface area contributed by atoms with Crippen LogP contribution in [0.4, 0.5) is 0 Å². The standard InChI is InChI=1S/C13H11ClO3S/c1-10-6-8-11(9-7-10)17-18(15,16)13-5-3-2-4-12(13)14/h2-9H,1H3. The second-order valence-electron chi connectivity index (χ2n) is 3.78. The fourth-order valence-electron chi connectivity index (χ4n) is 1.41. The maximum atomic E-state index is 12.0. The zero-order chi connectivity index (χ0) is 13.2. The minimum atomic E-state index is -3.89. The molecule has 3 nitrogen and oxygen atoms in total. The molecule has 0 radical (unpaired) electrons. The summed E-state index contributed by atoms with van der Waals surface area (Å²) in [5, 5.41) is 0.143. The van der Waals surface area contributed by atoms with Crippen molar-refractivity contribution in [2.45, 2.75) is 11.8 Å². The van der Waals surface area contributed by atoms with Crippen LogP contribution < -0.4 is 4.18 Å². The number of hydrogen-bond acceptors (Lipinski definition) is 3. The van der Waals surface area contributed by atoms with E-state index in [2.05, 4.69) is 0 Å². The molecule has 0 spiro atoms. The topological polar surface area (TPSA) is 43.4 Å². The summed E-state index contributed by atoms with van der Waals surface area (Å²) in [5.74, 6) is 0.264. The van der Waals surface area contributed by atoms with E-state index >= 15 is 0 Å². The molecule has 0 bridgehead atoms. The lowest BCUT2D eigenvalue weighted by Gasteiger charge is -2.08. The third-order valence-corrected chi connectivity index (χ3v) is 4.08. The van der Waals surface area contributed by atoms with Gasteiger partial charge in [0.15, 0.2) is 0 Å². The van der Waals surface area contributed by atoms with Gasteiger partial charge in [0.25, 0.3) is 0 Å². The van der Waals surface area contributed by atoms with Crippen LogP contribution in [-0.4, -0.2) is 8.42 Å². The second-order valence-corrected chi connectivity index (χ2v) is 5.70. The molecule has 0 fully saturated rings. The van der Waals surface area contributed by atoms with E-state index in [1.807, 2.05) is 6.92 Å². The molecular formula is C13H11ClO3S. The van der Waals surface area contributed by atoms with Crippen molar-refractivity contribution in [2.75, 3.05) is 0 Å². The highest BCUT2D eigenvalue weighted by atomic mass is 35.5. The number of rotatable bonds is 3. The van der Waals surface area contributed by atoms with Crippen LogP contribution in [0.1, 0.15) is 5.56 Å². The lowest BCUT2D eigenvalue weighted by atomic mass is 10.2. The van der Waals surface area contributed by atoms with Crippen molar-refractivity contribution < 1.29 is 12.6 Å². The first-order valence-corrected chi connectivity index (χ1v) is 7.03. The van der Waals surface area contributed by atoms with E-state index in [0.29, 0.717) is 0 Å². The normalized spacial score (nSPS) is 11.2. The molecule has 0 aliphatic heterocycles. The predicted molar refractivity (Wildman–Crippen MR) is 70.4 cm³/mol. The Bertz CT molecular complexity index is 648. The molecule has 0 saturated carbocycles. The molecule has 0 atom stereocenters. The number of hydrogen-bond donors (Lipinski definition) is 0. The molecular weight excluding hydrogens is 272 g/mol. The van der Waals surface area contributed by atoms with Gasteiger partial charge in [0.1, 0.15) is 10.6 Å². The molecule has 0 aliphatic carbocycles. The Balaban J connectivity index is 2.33. The van der Waals surface area contributed by atoms with Crippen molar-refractivity contribution in [3.63, 3.8) is 0 Å². The van der Waals surface area contributed by atoms with Crippen LogP contribution in [0.25, 0.3) is 0 Å². The predicted octanol–water partition coefficient (Wildman–Crippen LogP) is 3.42. The minimum absolute atomic E-state index is 0.0350. The highest BCUT2D eigenvalue weighted by Gasteiger charge is 2.19. The number of benzene rings is 2. The average molecular weight is 283 g/mol. The molecule has 5 heteroatoms. The zero-order valence-electron chi connectivity index (χ0n) is 9.63. The highest BCUT2D eigenvalue weighted by Crippen LogP contribution is 2.24. The summed E-state index contributed by atoms with van der Waals surface area (Å²) in [4.78, 5) is -0.0350. The summed E-state index contributed by atoms with van der Waals surface area (Å²) in [6.07, 6.45) is 0. The van der Waals surface area contributed by atoms with Gasteiger partial charge < -0.3 is 4.18 Å². The van der Waals surface area contributed by atoms with Crippen LogP contribution in [0.2, 0.25) is 5.02 Å². The minimum Gasteiger partial charge on any atom is -0.379 e. The van der Waals surface area contributed by atoms with Crippen LogP contribution in [0.3, 0.4) is 0 Å². The van der Waals surface area contributed by atoms with Crippen molar-refractivity contribution in [2.24, 2.45) is 0 Å². The summed E-state index contributed by atoms with van der Waals surface area (Å²) in [6, 6.07) is 12.9. The molecule has 0 N–H and O–H groups in total. The number of halogens is 1. The van der Waals surface area contributed by atoms with Crippen LogP contribution in [0, 0.1) is 6.92 Å². The molecule has 94 valence electrons. The summed E-state index contributed by atoms with van der Waals surface area (Å²) in [7, 11) is -3.89. The SMILES string of the molecule is Cc1ccc(OS(=O)(=O)c2ccccc2Cl)cc1. The van der Waals surface area contributed by atoms with Gasteiger partial charge in [-0.2, -0.15) is 8.42 Å². The van der Waals surface area contributed by atoms with Crippen molar-refractivity contribution in [3.8, 4) is 5.75 Å². The van der Waals surface area contributed by atoms with E-state index in [-0.39, 0.29) is 15.7 Å². The largest absolute Gasteiger partial charge is 0.379 e. The first-order chi connectivity index (χ1) is 8.49. The third kappa shape index (κ3) is 2.83. The maximum absolute atomic E-state index is 12.0. The summed E-state index contributed by atoms with van der Waals surface area (Å²) in [6.45, 7) is 1.91. The molecule has 0 aromatic heterocycles. The molecule has 0 amide bonds. The molecule has 2 aromatic rings. The quantitative estimate of drug-likeness (QED) is 0.810. The fraction of sp³-hybridized carbons (Fsp3) is 0.0769. The van der Waals surface area contributed by atoms with Crippen molar-refractivity contribution >= 4 is 21.7 Å². The Hall–Kier alpha value is -1.52. The average Bonchev–Trinajstić information content (AvgIpc) is 2.32. The summed E-state index contributed by atoms with van der Waals surface area (Å²) >= 11 is 5.84. The van der Waals surface area contributed by atoms with E-state index < -0.39 is 10.1 Å². The number of aryl methyl sites for hydroxylation is 1. The van der Waals surface area contributed by atoms with Crippen LogP contribution >= 0.6 is 11.6 Å². The van der Waals surface area contributed by atoms with Crippen molar-refractivity contribution in [1.29, 1.82) is 0 Å². The van der Waals surface area contributed by atoms with Gasteiger partial charge in [0.2, 0.25) is 0 Å². The van der Waals surface area contributed by atoms with Gasteiger partial charge in [0, 0.05) is 0 Å². The fourth-order valence-corrected chi connectivity index (χ4v) is 2.84. The molecule has 18 heavy (non-hydrogen) atoms. The highest BCUT2D eigenvalue weighted by molar-refractivity contribution is 7.87. The molecule has 0 heterocycles. The first-order valence-electron chi connectivity index (χ1n) is 5.25. The van der Waals surface area contributed by atoms with E-state index in [1.54, 1.807) is 36.4 Å². The second kappa shape index (κ2) is 5.00. The van der Waals surface area contributed by atoms with Crippen LogP contribution in [0.15, 0.2) is 53.4 Å². The smallest absolute Gasteiger partial charge is 0.340 e. The molecule has 0 aliphatic rings. The van der Waals surface area contributed by atoms with Crippen molar-refractivity contribution in [3.05, 3.63) is 59.1 Å². The van der Waals surface area contributed by atoms with Crippen LogP contribution in [0.5, 0.6) is 5.75 Å². The van der Waals surface area contributed by atoms with E-state index in [1.165, 1.54) is 12.1 Å². The Morgan fingerprint density at radius 3 is 2.22 bits per heavy atom. The Kier molecular flexibility index (Phi) is 3.59. The van der Waals surface area contributed by atoms with Crippen molar-refractivity contribution in [1.82, 2.24) is 0 Å². The van der Waals surface area contributed by atoms with Gasteiger partial charge in [-0.15, -0.1) is 0 Å². The van der Waals surface area contributed by atoms with Gasteiger partial charge in [-0.05, 0) is 31.2 Å². The van der Waals surface area contributed by atoms with E-state index in [9.17, 15) is 8.42 Å². The maximum Gasteiger partial charge on any atom is 0.340 e. The van der Waals surface area contributed by atoms with Gasteiger partial charge in [-0.3, -0.25) is 0 Å². The van der Waals surface area contributed by atoms with E-state index in [4.69, 9.17) is 15.8 Å². The molecule has 0 unspecified atom stereocenters. The Morgan fingerprint density at radius 1 is 1.00 bits per heavy atom. The van der Waals surface area contributed by atoms with Gasteiger partial charge in [-0.1, -0.05) is 41.4 Å². The molecule has 0 saturated heterocycles.